The monoisotopic (exact) mass is 497 g/mol. The number of nitrogens with one attached hydrogen (secondary N) is 1. The molecule has 1 aliphatic carbocycles. The van der Waals surface area contributed by atoms with Crippen LogP contribution in [0.4, 0.5) is 5.69 Å². The molecule has 35 heavy (non-hydrogen) atoms. The predicted octanol–water partition coefficient (Wildman–Crippen LogP) is 3.94. The van der Waals surface area contributed by atoms with E-state index in [1.165, 1.54) is 17.0 Å². The van der Waals surface area contributed by atoms with Gasteiger partial charge in [0.15, 0.2) is 0 Å². The summed E-state index contributed by atoms with van der Waals surface area (Å²) in [5.74, 6) is -0.727. The maximum absolute atomic E-state index is 13.9. The number of benzene rings is 2. The quantitative estimate of drug-likeness (QED) is 0.634. The van der Waals surface area contributed by atoms with E-state index in [2.05, 4.69) is 5.32 Å². The fraction of sp³-hybridized carbons (Fsp3) is 0.481. The van der Waals surface area contributed by atoms with Crippen LogP contribution in [0.1, 0.15) is 56.6 Å². The van der Waals surface area contributed by atoms with Crippen molar-refractivity contribution >= 4 is 27.5 Å². The van der Waals surface area contributed by atoms with Gasteiger partial charge in [-0.25, -0.2) is 8.42 Å². The first-order valence-corrected chi connectivity index (χ1v) is 13.8. The Morgan fingerprint density at radius 1 is 0.971 bits per heavy atom. The number of carbonyl (C=O) groups excluding carboxylic acids is 2. The molecule has 2 aliphatic rings. The highest BCUT2D eigenvalue weighted by atomic mass is 32.2. The number of carbonyl (C=O) groups is 2. The molecule has 0 spiro atoms. The van der Waals surface area contributed by atoms with E-state index in [0.717, 1.165) is 54.0 Å². The second-order valence-corrected chi connectivity index (χ2v) is 11.9. The Labute approximate surface area is 208 Å². The minimum Gasteiger partial charge on any atom is -0.351 e. The number of piperazine rings is 1. The average molecular weight is 498 g/mol. The predicted molar refractivity (Wildman–Crippen MR) is 137 cm³/mol. The van der Waals surface area contributed by atoms with Crippen molar-refractivity contribution in [3.05, 3.63) is 59.7 Å². The van der Waals surface area contributed by atoms with Crippen LogP contribution < -0.4 is 10.2 Å². The lowest BCUT2D eigenvalue weighted by molar-refractivity contribution is -0.133. The highest BCUT2D eigenvalue weighted by Crippen LogP contribution is 2.35. The summed E-state index contributed by atoms with van der Waals surface area (Å²) in [7, 11) is -3.96. The summed E-state index contributed by atoms with van der Waals surface area (Å²) in [4.78, 5) is 29.2. The number of anilines is 1. The zero-order valence-corrected chi connectivity index (χ0v) is 21.6. The number of nitrogens with zero attached hydrogens (tertiary/aromatic N) is 2. The van der Waals surface area contributed by atoms with Crippen LogP contribution in [0.3, 0.4) is 0 Å². The smallest absolute Gasteiger partial charge is 0.247 e. The van der Waals surface area contributed by atoms with Gasteiger partial charge in [0.25, 0.3) is 0 Å². The molecule has 0 bridgehead atoms. The molecule has 8 heteroatoms. The van der Waals surface area contributed by atoms with E-state index in [1.54, 1.807) is 25.1 Å². The van der Waals surface area contributed by atoms with Crippen molar-refractivity contribution in [3.63, 3.8) is 0 Å². The minimum absolute atomic E-state index is 0.0264. The Bertz CT molecular complexity index is 1190. The number of amides is 2. The standard InChI is InChI=1S/C27H35N3O4S/c1-20-12-11-17-24(21(20)2)30-25(31)18-29(35(33,34)23-15-9-6-10-16-23)19-27(30,3)26(32)28-22-13-7-4-5-8-14-22/h6,9-12,15-17,22H,4-5,7-8,13-14,18-19H2,1-3H3,(H,28,32)/t27-/m1/s1. The molecule has 1 saturated carbocycles. The van der Waals surface area contributed by atoms with Crippen molar-refractivity contribution < 1.29 is 18.0 Å². The van der Waals surface area contributed by atoms with Crippen LogP contribution in [0.15, 0.2) is 53.4 Å². The second kappa shape index (κ2) is 10.1. The van der Waals surface area contributed by atoms with E-state index in [4.69, 9.17) is 0 Å². The molecule has 188 valence electrons. The minimum atomic E-state index is -3.96. The molecule has 1 atom stereocenters. The Morgan fingerprint density at radius 3 is 2.29 bits per heavy atom. The maximum Gasteiger partial charge on any atom is 0.247 e. The van der Waals surface area contributed by atoms with Gasteiger partial charge in [0.2, 0.25) is 21.8 Å². The topological polar surface area (TPSA) is 86.8 Å². The lowest BCUT2D eigenvalue weighted by Crippen LogP contribution is -2.70. The van der Waals surface area contributed by atoms with Gasteiger partial charge in [0.1, 0.15) is 5.54 Å². The molecule has 0 aromatic heterocycles. The van der Waals surface area contributed by atoms with E-state index >= 15 is 0 Å². The van der Waals surface area contributed by atoms with Crippen LogP contribution >= 0.6 is 0 Å². The summed E-state index contributed by atoms with van der Waals surface area (Å²) in [5, 5.41) is 3.18. The summed E-state index contributed by atoms with van der Waals surface area (Å²) in [5.41, 5.74) is 1.14. The van der Waals surface area contributed by atoms with E-state index < -0.39 is 21.5 Å². The number of aryl methyl sites for hydroxylation is 1. The van der Waals surface area contributed by atoms with E-state index in [1.807, 2.05) is 32.0 Å². The SMILES string of the molecule is Cc1cccc(N2C(=O)CN(S(=O)(=O)c3ccccc3)C[C@]2(C)C(=O)NC2CCCCCC2)c1C. The van der Waals surface area contributed by atoms with Crippen LogP contribution in [0.25, 0.3) is 0 Å². The Balaban J connectivity index is 1.74. The zero-order chi connectivity index (χ0) is 25.2. The number of hydrogen-bond acceptors (Lipinski definition) is 4. The largest absolute Gasteiger partial charge is 0.351 e. The average Bonchev–Trinajstić information content (AvgIpc) is 3.10. The fourth-order valence-electron chi connectivity index (χ4n) is 5.19. The van der Waals surface area contributed by atoms with Crippen LogP contribution in [-0.2, 0) is 19.6 Å². The van der Waals surface area contributed by atoms with Gasteiger partial charge in [-0.3, -0.25) is 14.5 Å². The molecule has 1 N–H and O–H groups in total. The van der Waals surface area contributed by atoms with Crippen molar-refractivity contribution in [1.29, 1.82) is 0 Å². The summed E-state index contributed by atoms with van der Waals surface area (Å²) >= 11 is 0. The highest BCUT2D eigenvalue weighted by molar-refractivity contribution is 7.89. The number of sulfonamides is 1. The first-order chi connectivity index (χ1) is 16.6. The zero-order valence-electron chi connectivity index (χ0n) is 20.8. The molecule has 7 nitrogen and oxygen atoms in total. The normalized spacial score (nSPS) is 22.6. The molecule has 2 amide bonds. The van der Waals surface area contributed by atoms with Gasteiger partial charge in [0, 0.05) is 18.3 Å². The number of rotatable bonds is 5. The third-order valence-electron chi connectivity index (χ3n) is 7.42. The Kier molecular flexibility index (Phi) is 7.33. The van der Waals surface area contributed by atoms with Gasteiger partial charge in [-0.2, -0.15) is 4.31 Å². The second-order valence-electron chi connectivity index (χ2n) is 9.97. The van der Waals surface area contributed by atoms with Crippen molar-refractivity contribution in [2.75, 3.05) is 18.0 Å². The summed E-state index contributed by atoms with van der Waals surface area (Å²) in [6.07, 6.45) is 6.20. The van der Waals surface area contributed by atoms with Gasteiger partial charge in [-0.1, -0.05) is 56.0 Å². The molecule has 4 rings (SSSR count). The van der Waals surface area contributed by atoms with Crippen molar-refractivity contribution in [2.45, 2.75) is 75.8 Å². The molecule has 2 aromatic carbocycles. The first kappa shape index (κ1) is 25.4. The maximum atomic E-state index is 13.9. The van der Waals surface area contributed by atoms with Gasteiger partial charge < -0.3 is 5.32 Å². The van der Waals surface area contributed by atoms with E-state index in [-0.39, 0.29) is 29.9 Å². The van der Waals surface area contributed by atoms with Gasteiger partial charge in [-0.15, -0.1) is 0 Å². The fourth-order valence-corrected chi connectivity index (χ4v) is 6.70. The molecule has 2 aromatic rings. The summed E-state index contributed by atoms with van der Waals surface area (Å²) < 4.78 is 28.1. The van der Waals surface area contributed by atoms with Crippen molar-refractivity contribution in [3.8, 4) is 0 Å². The van der Waals surface area contributed by atoms with Crippen LogP contribution in [0, 0.1) is 13.8 Å². The molecule has 0 radical (unpaired) electrons. The Hall–Kier alpha value is -2.71. The van der Waals surface area contributed by atoms with Crippen molar-refractivity contribution in [2.24, 2.45) is 0 Å². The first-order valence-electron chi connectivity index (χ1n) is 12.4. The van der Waals surface area contributed by atoms with Crippen LogP contribution in [-0.4, -0.2) is 49.2 Å². The summed E-state index contributed by atoms with van der Waals surface area (Å²) in [6, 6.07) is 13.8. The molecular formula is C27H35N3O4S. The van der Waals surface area contributed by atoms with Crippen molar-refractivity contribution in [1.82, 2.24) is 9.62 Å². The van der Waals surface area contributed by atoms with Crippen LogP contribution in [0.2, 0.25) is 0 Å². The van der Waals surface area contributed by atoms with Gasteiger partial charge in [-0.05, 0) is 62.9 Å². The lowest BCUT2D eigenvalue weighted by Gasteiger charge is -2.47. The lowest BCUT2D eigenvalue weighted by atomic mass is 9.92. The molecule has 0 unspecified atom stereocenters. The van der Waals surface area contributed by atoms with E-state index in [9.17, 15) is 18.0 Å². The van der Waals surface area contributed by atoms with Gasteiger partial charge in [0.05, 0.1) is 11.4 Å². The molecule has 1 saturated heterocycles. The third-order valence-corrected chi connectivity index (χ3v) is 9.22. The number of hydrogen-bond donors (Lipinski definition) is 1. The molecular weight excluding hydrogens is 462 g/mol. The van der Waals surface area contributed by atoms with Gasteiger partial charge >= 0.3 is 0 Å². The van der Waals surface area contributed by atoms with E-state index in [0.29, 0.717) is 5.69 Å². The highest BCUT2D eigenvalue weighted by Gasteiger charge is 2.51. The molecule has 1 heterocycles. The third kappa shape index (κ3) is 5.00. The summed E-state index contributed by atoms with van der Waals surface area (Å²) in [6.45, 7) is 5.13. The Morgan fingerprint density at radius 2 is 1.63 bits per heavy atom. The molecule has 1 aliphatic heterocycles. The van der Waals surface area contributed by atoms with Crippen LogP contribution in [0.5, 0.6) is 0 Å². The molecule has 2 fully saturated rings.